The highest BCUT2D eigenvalue weighted by Crippen LogP contribution is 2.28. The zero-order valence-electron chi connectivity index (χ0n) is 17.7. The molecule has 0 spiro atoms. The molecule has 3 aromatic rings. The number of para-hydroxylation sites is 2. The number of rotatable bonds is 8. The lowest BCUT2D eigenvalue weighted by molar-refractivity contribution is 0.1000. The molecule has 0 aliphatic carbocycles. The number of unbranched alkanes of at least 4 members (excludes halogenated alkanes) is 1. The Balaban J connectivity index is 1.29. The van der Waals surface area contributed by atoms with Gasteiger partial charge in [0.25, 0.3) is 0 Å². The van der Waals surface area contributed by atoms with Gasteiger partial charge in [-0.25, -0.2) is 4.79 Å². The Bertz CT molecular complexity index is 1110. The minimum absolute atomic E-state index is 0.359. The van der Waals surface area contributed by atoms with Crippen molar-refractivity contribution in [3.8, 4) is 5.75 Å². The maximum Gasteiger partial charge on any atom is 0.417 e. The number of H-pyrrole nitrogens is 1. The van der Waals surface area contributed by atoms with Crippen LogP contribution in [0.15, 0.2) is 45.6 Å². The summed E-state index contributed by atoms with van der Waals surface area (Å²) in [4.78, 5) is 30.7. The maximum atomic E-state index is 11.6. The highest BCUT2D eigenvalue weighted by molar-refractivity contribution is 5.96. The van der Waals surface area contributed by atoms with E-state index in [-0.39, 0.29) is 0 Å². The summed E-state index contributed by atoms with van der Waals surface area (Å²) >= 11 is 0. The summed E-state index contributed by atoms with van der Waals surface area (Å²) < 4.78 is 10.6. The van der Waals surface area contributed by atoms with Crippen molar-refractivity contribution < 1.29 is 13.9 Å². The molecule has 3 N–H and O–H groups in total. The third-order valence-corrected chi connectivity index (χ3v) is 5.87. The van der Waals surface area contributed by atoms with Crippen molar-refractivity contribution in [2.45, 2.75) is 19.3 Å². The van der Waals surface area contributed by atoms with E-state index in [4.69, 9.17) is 14.9 Å². The van der Waals surface area contributed by atoms with Crippen molar-refractivity contribution in [3.63, 3.8) is 0 Å². The molecule has 2 heterocycles. The van der Waals surface area contributed by atoms with Crippen molar-refractivity contribution >= 4 is 22.7 Å². The molecule has 1 saturated heterocycles. The zero-order valence-corrected chi connectivity index (χ0v) is 17.7. The first-order valence-corrected chi connectivity index (χ1v) is 10.6. The predicted octanol–water partition coefficient (Wildman–Crippen LogP) is 2.37. The van der Waals surface area contributed by atoms with Gasteiger partial charge in [0.2, 0.25) is 5.91 Å². The van der Waals surface area contributed by atoms with Gasteiger partial charge in [-0.2, -0.15) is 0 Å². The van der Waals surface area contributed by atoms with Crippen LogP contribution in [0.1, 0.15) is 28.8 Å². The van der Waals surface area contributed by atoms with Crippen LogP contribution in [-0.2, 0) is 6.42 Å². The molecule has 2 aromatic carbocycles. The Hall–Kier alpha value is -3.26. The molecule has 1 fully saturated rings. The number of nitrogens with one attached hydrogen (secondary N) is 1. The highest BCUT2D eigenvalue weighted by atomic mass is 16.5. The van der Waals surface area contributed by atoms with Crippen LogP contribution in [0.3, 0.4) is 0 Å². The Morgan fingerprint density at radius 1 is 1.16 bits per heavy atom. The molecule has 0 bridgehead atoms. The molecule has 8 nitrogen and oxygen atoms in total. The van der Waals surface area contributed by atoms with Gasteiger partial charge in [-0.3, -0.25) is 14.7 Å². The van der Waals surface area contributed by atoms with Gasteiger partial charge in [-0.1, -0.05) is 12.1 Å². The number of hydrogen-bond donors (Lipinski definition) is 2. The number of piperazine rings is 1. The summed E-state index contributed by atoms with van der Waals surface area (Å²) in [6.07, 6.45) is 2.71. The number of aromatic amines is 1. The average molecular weight is 425 g/mol. The molecule has 164 valence electrons. The molecule has 1 aliphatic rings. The number of anilines is 1. The highest BCUT2D eigenvalue weighted by Gasteiger charge is 2.19. The van der Waals surface area contributed by atoms with Crippen LogP contribution < -0.4 is 21.1 Å². The van der Waals surface area contributed by atoms with Gasteiger partial charge < -0.3 is 19.8 Å². The van der Waals surface area contributed by atoms with E-state index in [1.807, 2.05) is 18.2 Å². The van der Waals surface area contributed by atoms with Crippen LogP contribution in [0.5, 0.6) is 5.75 Å². The second-order valence-corrected chi connectivity index (χ2v) is 7.84. The molecule has 1 aliphatic heterocycles. The normalized spacial score (nSPS) is 14.8. The Morgan fingerprint density at radius 3 is 2.68 bits per heavy atom. The van der Waals surface area contributed by atoms with Crippen LogP contribution in [0.4, 0.5) is 5.69 Å². The molecule has 0 unspecified atom stereocenters. The molecule has 0 saturated carbocycles. The molecule has 1 amide bonds. The molecule has 31 heavy (non-hydrogen) atoms. The average Bonchev–Trinajstić information content (AvgIpc) is 3.17. The van der Waals surface area contributed by atoms with Crippen molar-refractivity contribution in [2.24, 2.45) is 5.73 Å². The van der Waals surface area contributed by atoms with E-state index in [1.165, 1.54) is 6.07 Å². The van der Waals surface area contributed by atoms with Crippen LogP contribution in [0, 0.1) is 0 Å². The molecule has 8 heteroatoms. The van der Waals surface area contributed by atoms with E-state index in [2.05, 4.69) is 20.9 Å². The van der Waals surface area contributed by atoms with E-state index in [9.17, 15) is 9.59 Å². The lowest BCUT2D eigenvalue weighted by Crippen LogP contribution is -2.46. The minimum atomic E-state index is -0.528. The number of carbonyl (C=O) groups is 1. The number of carbonyl (C=O) groups excluding carboxylic acids is 1. The molecular weight excluding hydrogens is 396 g/mol. The van der Waals surface area contributed by atoms with Crippen LogP contribution in [-0.4, -0.2) is 55.6 Å². The molecule has 4 rings (SSSR count). The van der Waals surface area contributed by atoms with Crippen molar-refractivity contribution in [3.05, 3.63) is 58.1 Å². The number of nitrogens with zero attached hydrogens (tertiary/aromatic N) is 2. The van der Waals surface area contributed by atoms with Crippen LogP contribution in [0.25, 0.3) is 11.1 Å². The third kappa shape index (κ3) is 4.74. The fourth-order valence-corrected chi connectivity index (χ4v) is 4.22. The third-order valence-electron chi connectivity index (χ3n) is 5.87. The number of aromatic nitrogens is 1. The van der Waals surface area contributed by atoms with Gasteiger partial charge in [-0.05, 0) is 55.6 Å². The summed E-state index contributed by atoms with van der Waals surface area (Å²) in [5, 5.41) is 0. The lowest BCUT2D eigenvalue weighted by atomic mass is 10.0. The first kappa shape index (κ1) is 21.0. The van der Waals surface area contributed by atoms with Gasteiger partial charge in [0, 0.05) is 31.7 Å². The van der Waals surface area contributed by atoms with E-state index < -0.39 is 11.7 Å². The number of aryl methyl sites for hydroxylation is 1. The fraction of sp³-hybridized carbons (Fsp3) is 0.391. The minimum Gasteiger partial charge on any atom is -0.495 e. The van der Waals surface area contributed by atoms with E-state index >= 15 is 0 Å². The van der Waals surface area contributed by atoms with Gasteiger partial charge in [-0.15, -0.1) is 0 Å². The first-order chi connectivity index (χ1) is 15.0. The number of oxazole rings is 1. The monoisotopic (exact) mass is 424 g/mol. The van der Waals surface area contributed by atoms with Crippen LogP contribution >= 0.6 is 0 Å². The van der Waals surface area contributed by atoms with E-state index in [0.717, 1.165) is 69.0 Å². The number of benzene rings is 2. The number of hydrogen-bond acceptors (Lipinski definition) is 6. The summed E-state index contributed by atoms with van der Waals surface area (Å²) in [5.74, 6) is -0.136. The second kappa shape index (κ2) is 9.26. The van der Waals surface area contributed by atoms with E-state index in [1.54, 1.807) is 13.2 Å². The van der Waals surface area contributed by atoms with Crippen molar-refractivity contribution in [1.29, 1.82) is 0 Å². The Kier molecular flexibility index (Phi) is 6.27. The Labute approximate surface area is 180 Å². The molecule has 1 aromatic heterocycles. The second-order valence-electron chi connectivity index (χ2n) is 7.84. The number of methoxy groups -OCH3 is 1. The summed E-state index contributed by atoms with van der Waals surface area (Å²) in [5.41, 5.74) is 8.84. The first-order valence-electron chi connectivity index (χ1n) is 10.6. The van der Waals surface area contributed by atoms with Gasteiger partial charge in [0.1, 0.15) is 5.75 Å². The number of ether oxygens (including phenoxy) is 1. The number of nitrogens with two attached hydrogens (primary N) is 1. The Morgan fingerprint density at radius 2 is 1.94 bits per heavy atom. The standard InChI is InChI=1S/C23H28N4O4/c1-30-19-8-3-2-7-18(19)27-12-10-26(11-13-27)9-5-4-6-16-14-17(22(24)28)15-20-21(16)25-23(29)31-20/h2-3,7-8,14-15H,4-6,9-13H2,1H3,(H2,24,28)(H,25,29). The number of fused-ring (bicyclic) bond motifs is 1. The number of primary amides is 1. The number of amides is 1. The zero-order chi connectivity index (χ0) is 21.8. The van der Waals surface area contributed by atoms with Crippen LogP contribution in [0.2, 0.25) is 0 Å². The predicted molar refractivity (Wildman–Crippen MR) is 120 cm³/mol. The quantitative estimate of drug-likeness (QED) is 0.538. The summed E-state index contributed by atoms with van der Waals surface area (Å²) in [6.45, 7) is 4.97. The molecule has 0 atom stereocenters. The van der Waals surface area contributed by atoms with Crippen molar-refractivity contribution in [2.75, 3.05) is 44.7 Å². The molecule has 0 radical (unpaired) electrons. The van der Waals surface area contributed by atoms with Gasteiger partial charge >= 0.3 is 5.76 Å². The van der Waals surface area contributed by atoms with Gasteiger partial charge in [0.15, 0.2) is 5.58 Å². The van der Waals surface area contributed by atoms with E-state index in [0.29, 0.717) is 16.7 Å². The summed E-state index contributed by atoms with van der Waals surface area (Å²) in [7, 11) is 1.71. The lowest BCUT2D eigenvalue weighted by Gasteiger charge is -2.36. The van der Waals surface area contributed by atoms with Crippen molar-refractivity contribution in [1.82, 2.24) is 9.88 Å². The maximum absolute atomic E-state index is 11.6. The largest absolute Gasteiger partial charge is 0.495 e. The van der Waals surface area contributed by atoms with Gasteiger partial charge in [0.05, 0.1) is 18.3 Å². The topological polar surface area (TPSA) is 105 Å². The summed E-state index contributed by atoms with van der Waals surface area (Å²) in [6, 6.07) is 11.4. The molecular formula is C23H28N4O4. The smallest absolute Gasteiger partial charge is 0.417 e. The SMILES string of the molecule is COc1ccccc1N1CCN(CCCCc2cc(C(N)=O)cc3oc(=O)[nH]c23)CC1. The fourth-order valence-electron chi connectivity index (χ4n) is 4.22.